The third-order valence-corrected chi connectivity index (χ3v) is 4.23. The van der Waals surface area contributed by atoms with Crippen LogP contribution in [0.3, 0.4) is 0 Å². The van der Waals surface area contributed by atoms with E-state index in [0.29, 0.717) is 18.0 Å². The monoisotopic (exact) mass is 379 g/mol. The van der Waals surface area contributed by atoms with Gasteiger partial charge in [-0.3, -0.25) is 10.1 Å². The lowest BCUT2D eigenvalue weighted by molar-refractivity contribution is -0.383. The van der Waals surface area contributed by atoms with Gasteiger partial charge in [-0.05, 0) is 43.7 Å². The number of anilines is 4. The molecule has 2 aromatic carbocycles. The Bertz CT molecular complexity index is 993. The summed E-state index contributed by atoms with van der Waals surface area (Å²) in [5, 5.41) is 14.9. The molecule has 0 atom stereocenters. The van der Waals surface area contributed by atoms with Crippen molar-refractivity contribution < 1.29 is 9.66 Å². The number of para-hydroxylation sites is 2. The molecule has 0 aliphatic rings. The number of aromatic nitrogens is 2. The third kappa shape index (κ3) is 3.85. The molecule has 28 heavy (non-hydrogen) atoms. The number of nitro groups is 1. The molecule has 1 N–H and O–H groups in total. The Balaban J connectivity index is 2.10. The van der Waals surface area contributed by atoms with Gasteiger partial charge in [-0.1, -0.05) is 24.3 Å². The Hall–Kier alpha value is -3.68. The first-order chi connectivity index (χ1) is 13.5. The molecule has 0 spiro atoms. The maximum atomic E-state index is 11.9. The van der Waals surface area contributed by atoms with E-state index in [1.807, 2.05) is 50.2 Å². The summed E-state index contributed by atoms with van der Waals surface area (Å²) < 4.78 is 5.31. The number of aryl methyl sites for hydroxylation is 1. The highest BCUT2D eigenvalue weighted by Crippen LogP contribution is 2.38. The molecule has 0 aliphatic heterocycles. The summed E-state index contributed by atoms with van der Waals surface area (Å²) in [6.45, 7) is 4.40. The number of methoxy groups -OCH3 is 1. The topological polar surface area (TPSA) is 93.4 Å². The molecule has 0 unspecified atom stereocenters. The normalized spacial score (nSPS) is 10.4. The van der Waals surface area contributed by atoms with Crippen molar-refractivity contribution in [2.75, 3.05) is 23.9 Å². The van der Waals surface area contributed by atoms with Crippen molar-refractivity contribution >= 4 is 28.7 Å². The van der Waals surface area contributed by atoms with E-state index in [1.54, 1.807) is 17.0 Å². The Morgan fingerprint density at radius 2 is 1.96 bits per heavy atom. The molecule has 0 amide bonds. The van der Waals surface area contributed by atoms with Gasteiger partial charge in [-0.2, -0.15) is 0 Å². The molecule has 0 saturated carbocycles. The van der Waals surface area contributed by atoms with Crippen LogP contribution in [0.4, 0.5) is 28.7 Å². The van der Waals surface area contributed by atoms with Crippen molar-refractivity contribution in [3.8, 4) is 5.75 Å². The van der Waals surface area contributed by atoms with Crippen LogP contribution in [0.25, 0.3) is 0 Å². The van der Waals surface area contributed by atoms with Gasteiger partial charge >= 0.3 is 5.69 Å². The summed E-state index contributed by atoms with van der Waals surface area (Å²) in [7, 11) is 1.54. The van der Waals surface area contributed by atoms with E-state index >= 15 is 0 Å². The van der Waals surface area contributed by atoms with Gasteiger partial charge in [-0.15, -0.1) is 0 Å². The maximum absolute atomic E-state index is 11.9. The average molecular weight is 379 g/mol. The Kier molecular flexibility index (Phi) is 5.69. The van der Waals surface area contributed by atoms with Crippen molar-refractivity contribution in [3.63, 3.8) is 0 Å². The van der Waals surface area contributed by atoms with Gasteiger partial charge in [0.1, 0.15) is 12.1 Å². The molecule has 8 nitrogen and oxygen atoms in total. The van der Waals surface area contributed by atoms with Crippen LogP contribution in [0.1, 0.15) is 12.5 Å². The highest BCUT2D eigenvalue weighted by atomic mass is 16.6. The molecule has 0 fully saturated rings. The molecular formula is C20H21N5O3. The third-order valence-electron chi connectivity index (χ3n) is 4.23. The van der Waals surface area contributed by atoms with Crippen molar-refractivity contribution in [2.24, 2.45) is 0 Å². The fraction of sp³-hybridized carbons (Fsp3) is 0.200. The lowest BCUT2D eigenvalue weighted by atomic mass is 10.2. The first-order valence-electron chi connectivity index (χ1n) is 8.78. The Morgan fingerprint density at radius 3 is 2.64 bits per heavy atom. The summed E-state index contributed by atoms with van der Waals surface area (Å²) >= 11 is 0. The second kappa shape index (κ2) is 8.34. The quantitative estimate of drug-likeness (QED) is 0.473. The van der Waals surface area contributed by atoms with E-state index in [4.69, 9.17) is 4.74 Å². The number of nitrogens with zero attached hydrogens (tertiary/aromatic N) is 4. The number of hydrogen-bond donors (Lipinski definition) is 1. The summed E-state index contributed by atoms with van der Waals surface area (Å²) in [5.74, 6) is 0.888. The summed E-state index contributed by atoms with van der Waals surface area (Å²) in [6, 6.07) is 14.9. The van der Waals surface area contributed by atoms with Gasteiger partial charge in [0, 0.05) is 12.2 Å². The second-order valence-corrected chi connectivity index (χ2v) is 6.06. The smallest absolute Gasteiger partial charge is 0.354 e. The lowest BCUT2D eigenvalue weighted by Crippen LogP contribution is -2.20. The molecule has 0 aliphatic carbocycles. The summed E-state index contributed by atoms with van der Waals surface area (Å²) in [6.07, 6.45) is 1.32. The van der Waals surface area contributed by atoms with Crippen LogP contribution in [0.15, 0.2) is 54.9 Å². The zero-order chi connectivity index (χ0) is 20.1. The van der Waals surface area contributed by atoms with Crippen LogP contribution in [-0.4, -0.2) is 28.5 Å². The van der Waals surface area contributed by atoms with Crippen LogP contribution in [0.5, 0.6) is 5.75 Å². The standard InChI is InChI=1S/C20H21N5O3/c1-4-24(15-9-7-8-14(2)12-15)20-18(25(26)27)19(21-13-22-20)23-16-10-5-6-11-17(16)28-3/h5-13H,4H2,1-3H3,(H,21,22,23). The molecule has 8 heteroatoms. The van der Waals surface area contributed by atoms with Gasteiger partial charge in [-0.25, -0.2) is 9.97 Å². The van der Waals surface area contributed by atoms with Crippen molar-refractivity contribution in [1.82, 2.24) is 9.97 Å². The minimum Gasteiger partial charge on any atom is -0.495 e. The fourth-order valence-corrected chi connectivity index (χ4v) is 2.95. The van der Waals surface area contributed by atoms with Gasteiger partial charge in [0.25, 0.3) is 0 Å². The predicted octanol–water partition coefficient (Wildman–Crippen LogP) is 4.60. The van der Waals surface area contributed by atoms with Crippen LogP contribution in [0, 0.1) is 17.0 Å². The predicted molar refractivity (Wildman–Crippen MR) is 109 cm³/mol. The van der Waals surface area contributed by atoms with Crippen LogP contribution < -0.4 is 15.0 Å². The maximum Gasteiger partial charge on any atom is 0.354 e. The molecule has 1 aromatic heterocycles. The Morgan fingerprint density at radius 1 is 1.18 bits per heavy atom. The first kappa shape index (κ1) is 19.1. The summed E-state index contributed by atoms with van der Waals surface area (Å²) in [4.78, 5) is 21.6. The minimum atomic E-state index is -0.467. The highest BCUT2D eigenvalue weighted by molar-refractivity contribution is 5.79. The van der Waals surface area contributed by atoms with Crippen molar-refractivity contribution in [2.45, 2.75) is 13.8 Å². The second-order valence-electron chi connectivity index (χ2n) is 6.06. The lowest BCUT2D eigenvalue weighted by Gasteiger charge is -2.22. The number of hydrogen-bond acceptors (Lipinski definition) is 7. The number of benzene rings is 2. The SMILES string of the molecule is CCN(c1cccc(C)c1)c1ncnc(Nc2ccccc2OC)c1[N+](=O)[O-]. The van der Waals surface area contributed by atoms with Gasteiger partial charge < -0.3 is 15.0 Å². The number of ether oxygens (including phenoxy) is 1. The van der Waals surface area contributed by atoms with Crippen LogP contribution >= 0.6 is 0 Å². The van der Waals surface area contributed by atoms with E-state index in [-0.39, 0.29) is 17.3 Å². The van der Waals surface area contributed by atoms with E-state index < -0.39 is 4.92 Å². The van der Waals surface area contributed by atoms with Gasteiger partial charge in [0.05, 0.1) is 17.7 Å². The number of rotatable bonds is 7. The molecule has 3 rings (SSSR count). The average Bonchev–Trinajstić information content (AvgIpc) is 2.69. The first-order valence-corrected chi connectivity index (χ1v) is 8.78. The van der Waals surface area contributed by atoms with E-state index in [1.165, 1.54) is 13.4 Å². The van der Waals surface area contributed by atoms with Crippen molar-refractivity contribution in [3.05, 3.63) is 70.5 Å². The molecule has 144 valence electrons. The molecular weight excluding hydrogens is 358 g/mol. The van der Waals surface area contributed by atoms with Gasteiger partial charge in [0.2, 0.25) is 11.6 Å². The summed E-state index contributed by atoms with van der Waals surface area (Å²) in [5.41, 5.74) is 2.26. The van der Waals surface area contributed by atoms with Crippen LogP contribution in [-0.2, 0) is 0 Å². The largest absolute Gasteiger partial charge is 0.495 e. The fourth-order valence-electron chi connectivity index (χ4n) is 2.95. The zero-order valence-corrected chi connectivity index (χ0v) is 15.9. The minimum absolute atomic E-state index is 0.102. The van der Waals surface area contributed by atoms with Crippen molar-refractivity contribution in [1.29, 1.82) is 0 Å². The molecule has 1 heterocycles. The Labute approximate surface area is 163 Å². The van der Waals surface area contributed by atoms with E-state index in [2.05, 4.69) is 15.3 Å². The van der Waals surface area contributed by atoms with E-state index in [9.17, 15) is 10.1 Å². The van der Waals surface area contributed by atoms with Gasteiger partial charge in [0.15, 0.2) is 0 Å². The van der Waals surface area contributed by atoms with E-state index in [0.717, 1.165) is 11.3 Å². The van der Waals surface area contributed by atoms with Crippen LogP contribution in [0.2, 0.25) is 0 Å². The molecule has 3 aromatic rings. The number of nitrogens with one attached hydrogen (secondary N) is 1. The molecule has 0 radical (unpaired) electrons. The zero-order valence-electron chi connectivity index (χ0n) is 15.9. The molecule has 0 bridgehead atoms. The molecule has 0 saturated heterocycles. The highest BCUT2D eigenvalue weighted by Gasteiger charge is 2.28.